The molecule has 6 nitrogen and oxygen atoms in total. The Morgan fingerprint density at radius 1 is 1.12 bits per heavy atom. The van der Waals surface area contributed by atoms with Crippen LogP contribution in [0.2, 0.25) is 0 Å². The Morgan fingerprint density at radius 3 is 2.52 bits per heavy atom. The number of amides is 1. The molecule has 0 aliphatic heterocycles. The Bertz CT molecular complexity index is 1050. The van der Waals surface area contributed by atoms with Gasteiger partial charge in [0, 0.05) is 5.69 Å². The summed E-state index contributed by atoms with van der Waals surface area (Å²) >= 11 is 0. The number of fused-ring (bicyclic) bond motifs is 1. The molecule has 4 rings (SSSR count). The largest absolute Gasteiger partial charge is 0.459 e. The van der Waals surface area contributed by atoms with E-state index in [0.29, 0.717) is 22.4 Å². The zero-order valence-corrected chi connectivity index (χ0v) is 13.2. The van der Waals surface area contributed by atoms with E-state index in [1.165, 1.54) is 23.2 Å². The molecule has 124 valence electrons. The van der Waals surface area contributed by atoms with Crippen LogP contribution < -0.4 is 5.32 Å². The molecule has 1 N–H and O–H groups in total. The minimum Gasteiger partial charge on any atom is -0.459 e. The maximum Gasteiger partial charge on any atom is 0.291 e. The lowest BCUT2D eigenvalue weighted by molar-refractivity contribution is 0.0996. The Kier molecular flexibility index (Phi) is 3.53. The monoisotopic (exact) mass is 336 g/mol. The van der Waals surface area contributed by atoms with E-state index >= 15 is 0 Å². The van der Waals surface area contributed by atoms with Crippen LogP contribution >= 0.6 is 0 Å². The molecule has 0 fully saturated rings. The number of nitrogens with one attached hydrogen (secondary N) is 1. The molecule has 0 saturated carbocycles. The molecular weight excluding hydrogens is 323 g/mol. The van der Waals surface area contributed by atoms with Crippen LogP contribution in [-0.2, 0) is 0 Å². The highest BCUT2D eigenvalue weighted by Crippen LogP contribution is 2.23. The number of hydrogen-bond donors (Lipinski definition) is 1. The van der Waals surface area contributed by atoms with Gasteiger partial charge in [0.2, 0.25) is 0 Å². The predicted octanol–water partition coefficient (Wildman–Crippen LogP) is 3.71. The topological polar surface area (TPSA) is 73.0 Å². The van der Waals surface area contributed by atoms with Gasteiger partial charge in [-0.15, -0.1) is 10.2 Å². The van der Waals surface area contributed by atoms with Gasteiger partial charge in [-0.3, -0.25) is 4.79 Å². The maximum atomic E-state index is 13.1. The van der Waals surface area contributed by atoms with Gasteiger partial charge in [-0.1, -0.05) is 0 Å². The molecule has 1 amide bonds. The van der Waals surface area contributed by atoms with Crippen molar-refractivity contribution in [1.29, 1.82) is 0 Å². The van der Waals surface area contributed by atoms with Gasteiger partial charge in [-0.25, -0.2) is 4.39 Å². The van der Waals surface area contributed by atoms with Crippen LogP contribution in [0.3, 0.4) is 0 Å². The number of hydrogen-bond acceptors (Lipinski definition) is 4. The van der Waals surface area contributed by atoms with Crippen LogP contribution in [0.4, 0.5) is 10.1 Å². The summed E-state index contributed by atoms with van der Waals surface area (Å²) in [6.45, 7) is 1.87. The molecule has 0 radical (unpaired) electrons. The number of furan rings is 1. The van der Waals surface area contributed by atoms with Crippen LogP contribution in [0, 0.1) is 12.7 Å². The van der Waals surface area contributed by atoms with Crippen molar-refractivity contribution in [2.45, 2.75) is 6.92 Å². The van der Waals surface area contributed by atoms with Gasteiger partial charge in [-0.05, 0) is 61.0 Å². The van der Waals surface area contributed by atoms with Gasteiger partial charge in [-0.2, -0.15) is 4.80 Å². The number of halogens is 1. The summed E-state index contributed by atoms with van der Waals surface area (Å²) in [6, 6.07) is 12.7. The van der Waals surface area contributed by atoms with Gasteiger partial charge in [0.1, 0.15) is 16.9 Å². The Hall–Kier alpha value is -3.48. The number of benzene rings is 2. The Labute approximate surface area is 141 Å². The summed E-state index contributed by atoms with van der Waals surface area (Å²) in [4.78, 5) is 13.6. The van der Waals surface area contributed by atoms with E-state index in [1.54, 1.807) is 30.3 Å². The van der Waals surface area contributed by atoms with Crippen molar-refractivity contribution in [3.8, 4) is 5.69 Å². The van der Waals surface area contributed by atoms with E-state index in [1.807, 2.05) is 13.0 Å². The standard InChI is InChI=1S/C18H13FN4O2/c1-11-9-15-16(10-14(11)20-18(24)17-3-2-8-25-17)22-23(21-15)13-6-4-12(19)5-7-13/h2-10H,1H3,(H,20,24). The second kappa shape index (κ2) is 5.86. The van der Waals surface area contributed by atoms with Gasteiger partial charge in [0.05, 0.1) is 12.0 Å². The van der Waals surface area contributed by atoms with E-state index < -0.39 is 0 Å². The van der Waals surface area contributed by atoms with E-state index in [2.05, 4.69) is 15.5 Å². The third kappa shape index (κ3) is 2.87. The fraction of sp³-hybridized carbons (Fsp3) is 0.0556. The quantitative estimate of drug-likeness (QED) is 0.619. The molecule has 0 aliphatic carbocycles. The van der Waals surface area contributed by atoms with Gasteiger partial charge in [0.15, 0.2) is 5.76 Å². The summed E-state index contributed by atoms with van der Waals surface area (Å²) in [5, 5.41) is 11.6. The van der Waals surface area contributed by atoms with Crippen molar-refractivity contribution in [2.24, 2.45) is 0 Å². The van der Waals surface area contributed by atoms with Crippen molar-refractivity contribution in [3.05, 3.63) is 71.9 Å². The van der Waals surface area contributed by atoms with Gasteiger partial charge >= 0.3 is 0 Å². The zero-order valence-electron chi connectivity index (χ0n) is 13.2. The molecule has 2 heterocycles. The minimum absolute atomic E-state index is 0.231. The molecule has 0 atom stereocenters. The number of carbonyl (C=O) groups is 1. The molecule has 0 saturated heterocycles. The third-order valence-corrected chi connectivity index (χ3v) is 3.78. The van der Waals surface area contributed by atoms with E-state index in [4.69, 9.17) is 4.42 Å². The first-order valence-electron chi connectivity index (χ1n) is 7.59. The Morgan fingerprint density at radius 2 is 1.84 bits per heavy atom. The van der Waals surface area contributed by atoms with Crippen molar-refractivity contribution in [3.63, 3.8) is 0 Å². The van der Waals surface area contributed by atoms with Crippen LogP contribution in [0.1, 0.15) is 16.1 Å². The van der Waals surface area contributed by atoms with Crippen LogP contribution in [0.25, 0.3) is 16.7 Å². The highest BCUT2D eigenvalue weighted by molar-refractivity contribution is 6.03. The second-order valence-electron chi connectivity index (χ2n) is 5.55. The summed E-state index contributed by atoms with van der Waals surface area (Å²) in [5.74, 6) is -0.424. The summed E-state index contributed by atoms with van der Waals surface area (Å²) in [5.41, 5.74) is 3.41. The first kappa shape index (κ1) is 15.1. The fourth-order valence-corrected chi connectivity index (χ4v) is 2.48. The zero-order chi connectivity index (χ0) is 17.4. The van der Waals surface area contributed by atoms with E-state index in [9.17, 15) is 9.18 Å². The number of aromatic nitrogens is 3. The number of nitrogens with zero attached hydrogens (tertiary/aromatic N) is 3. The lowest BCUT2D eigenvalue weighted by atomic mass is 10.1. The van der Waals surface area contributed by atoms with Crippen molar-refractivity contribution >= 4 is 22.6 Å². The molecule has 0 spiro atoms. The number of aryl methyl sites for hydroxylation is 1. The normalized spacial score (nSPS) is 11.0. The molecule has 7 heteroatoms. The molecule has 4 aromatic rings. The molecule has 0 aliphatic rings. The van der Waals surface area contributed by atoms with Crippen molar-refractivity contribution in [1.82, 2.24) is 15.0 Å². The van der Waals surface area contributed by atoms with Crippen LogP contribution in [0.15, 0.2) is 59.2 Å². The first-order valence-corrected chi connectivity index (χ1v) is 7.59. The molecular formula is C18H13FN4O2. The lowest BCUT2D eigenvalue weighted by Gasteiger charge is -2.06. The Balaban J connectivity index is 1.69. The summed E-state index contributed by atoms with van der Waals surface area (Å²) in [7, 11) is 0. The van der Waals surface area contributed by atoms with Crippen LogP contribution in [-0.4, -0.2) is 20.9 Å². The molecule has 2 aromatic carbocycles. The first-order chi connectivity index (χ1) is 12.1. The summed E-state index contributed by atoms with van der Waals surface area (Å²) in [6.07, 6.45) is 1.44. The third-order valence-electron chi connectivity index (χ3n) is 3.78. The van der Waals surface area contributed by atoms with Crippen LogP contribution in [0.5, 0.6) is 0 Å². The highest BCUT2D eigenvalue weighted by atomic mass is 19.1. The van der Waals surface area contributed by atoms with E-state index in [-0.39, 0.29) is 17.5 Å². The predicted molar refractivity (Wildman–Crippen MR) is 90.2 cm³/mol. The number of anilines is 1. The van der Waals surface area contributed by atoms with E-state index in [0.717, 1.165) is 5.56 Å². The number of carbonyl (C=O) groups excluding carboxylic acids is 1. The maximum absolute atomic E-state index is 13.1. The SMILES string of the molecule is Cc1cc2nn(-c3ccc(F)cc3)nc2cc1NC(=O)c1ccco1. The smallest absolute Gasteiger partial charge is 0.291 e. The highest BCUT2D eigenvalue weighted by Gasteiger charge is 2.13. The molecule has 25 heavy (non-hydrogen) atoms. The van der Waals surface area contributed by atoms with Gasteiger partial charge in [0.25, 0.3) is 5.91 Å². The second-order valence-corrected chi connectivity index (χ2v) is 5.55. The van der Waals surface area contributed by atoms with Crippen molar-refractivity contribution in [2.75, 3.05) is 5.32 Å². The number of rotatable bonds is 3. The average molecular weight is 336 g/mol. The summed E-state index contributed by atoms with van der Waals surface area (Å²) < 4.78 is 18.1. The molecule has 0 unspecified atom stereocenters. The van der Waals surface area contributed by atoms with Crippen molar-refractivity contribution < 1.29 is 13.6 Å². The lowest BCUT2D eigenvalue weighted by Crippen LogP contribution is -2.11. The molecule has 2 aromatic heterocycles. The minimum atomic E-state index is -0.335. The fourth-order valence-electron chi connectivity index (χ4n) is 2.48. The average Bonchev–Trinajstić information content (AvgIpc) is 3.25. The van der Waals surface area contributed by atoms with Gasteiger partial charge < -0.3 is 9.73 Å². The molecule has 0 bridgehead atoms.